The Kier molecular flexibility index (Phi) is 1.71. The van der Waals surface area contributed by atoms with E-state index in [0.717, 1.165) is 5.56 Å². The highest BCUT2D eigenvalue weighted by molar-refractivity contribution is 5.54. The Morgan fingerprint density at radius 3 is 3.08 bits per heavy atom. The van der Waals surface area contributed by atoms with E-state index in [4.69, 9.17) is 0 Å². The SMILES string of the molecule is Fc1cccc2c1NCC(F)C2. The van der Waals surface area contributed by atoms with Crippen molar-refractivity contribution in [3.63, 3.8) is 0 Å². The van der Waals surface area contributed by atoms with Gasteiger partial charge in [0.1, 0.15) is 12.0 Å². The van der Waals surface area contributed by atoms with Crippen LogP contribution in [0.2, 0.25) is 0 Å². The maximum Gasteiger partial charge on any atom is 0.146 e. The zero-order chi connectivity index (χ0) is 8.55. The van der Waals surface area contributed by atoms with Crippen LogP contribution >= 0.6 is 0 Å². The van der Waals surface area contributed by atoms with Gasteiger partial charge in [-0.3, -0.25) is 0 Å². The molecule has 1 aromatic carbocycles. The zero-order valence-corrected chi connectivity index (χ0v) is 6.48. The van der Waals surface area contributed by atoms with Gasteiger partial charge in [0.2, 0.25) is 0 Å². The van der Waals surface area contributed by atoms with Crippen molar-refractivity contribution in [3.8, 4) is 0 Å². The lowest BCUT2D eigenvalue weighted by atomic mass is 10.0. The number of nitrogens with one attached hydrogen (secondary N) is 1. The van der Waals surface area contributed by atoms with E-state index in [9.17, 15) is 8.78 Å². The summed E-state index contributed by atoms with van der Waals surface area (Å²) in [4.78, 5) is 0. The number of halogens is 2. The summed E-state index contributed by atoms with van der Waals surface area (Å²) in [7, 11) is 0. The first-order valence-corrected chi connectivity index (χ1v) is 3.92. The molecule has 0 amide bonds. The van der Waals surface area contributed by atoms with Gasteiger partial charge in [0.15, 0.2) is 0 Å². The van der Waals surface area contributed by atoms with Gasteiger partial charge in [0, 0.05) is 13.0 Å². The van der Waals surface area contributed by atoms with Gasteiger partial charge < -0.3 is 5.32 Å². The monoisotopic (exact) mass is 169 g/mol. The third-order valence-corrected chi connectivity index (χ3v) is 2.04. The van der Waals surface area contributed by atoms with Crippen molar-refractivity contribution in [3.05, 3.63) is 29.6 Å². The van der Waals surface area contributed by atoms with Gasteiger partial charge in [-0.05, 0) is 11.6 Å². The average Bonchev–Trinajstić information content (AvgIpc) is 2.04. The standard InChI is InChI=1S/C9H9F2N/c10-7-4-6-2-1-3-8(11)9(6)12-5-7/h1-3,7,12H,4-5H2. The predicted octanol–water partition coefficient (Wildman–Crippen LogP) is 2.13. The molecule has 1 aliphatic rings. The molecule has 3 heteroatoms. The van der Waals surface area contributed by atoms with E-state index >= 15 is 0 Å². The van der Waals surface area contributed by atoms with Gasteiger partial charge in [-0.15, -0.1) is 0 Å². The molecule has 64 valence electrons. The molecule has 1 aromatic rings. The van der Waals surface area contributed by atoms with Crippen LogP contribution < -0.4 is 5.32 Å². The van der Waals surface area contributed by atoms with Crippen LogP contribution in [0.1, 0.15) is 5.56 Å². The minimum atomic E-state index is -0.890. The van der Waals surface area contributed by atoms with Crippen LogP contribution in [0, 0.1) is 5.82 Å². The molecular weight excluding hydrogens is 160 g/mol. The number of benzene rings is 1. The summed E-state index contributed by atoms with van der Waals surface area (Å²) >= 11 is 0. The van der Waals surface area contributed by atoms with Crippen molar-refractivity contribution in [2.75, 3.05) is 11.9 Å². The van der Waals surface area contributed by atoms with E-state index in [1.165, 1.54) is 6.07 Å². The Morgan fingerprint density at radius 2 is 2.25 bits per heavy atom. The second-order valence-electron chi connectivity index (χ2n) is 2.96. The smallest absolute Gasteiger partial charge is 0.146 e. The first kappa shape index (κ1) is 7.53. The molecule has 1 aliphatic heterocycles. The Hall–Kier alpha value is -1.12. The number of fused-ring (bicyclic) bond motifs is 1. The molecular formula is C9H9F2N. The quantitative estimate of drug-likeness (QED) is 0.627. The van der Waals surface area contributed by atoms with Gasteiger partial charge in [-0.1, -0.05) is 12.1 Å². The normalized spacial score (nSPS) is 21.3. The van der Waals surface area contributed by atoms with Crippen molar-refractivity contribution in [1.82, 2.24) is 0 Å². The Balaban J connectivity index is 2.42. The van der Waals surface area contributed by atoms with Crippen molar-refractivity contribution in [1.29, 1.82) is 0 Å². The molecule has 0 aromatic heterocycles. The van der Waals surface area contributed by atoms with Crippen LogP contribution in [0.3, 0.4) is 0 Å². The highest BCUT2D eigenvalue weighted by atomic mass is 19.1. The van der Waals surface area contributed by atoms with E-state index in [1.807, 2.05) is 0 Å². The second-order valence-corrected chi connectivity index (χ2v) is 2.96. The highest BCUT2D eigenvalue weighted by Crippen LogP contribution is 2.25. The van der Waals surface area contributed by atoms with Crippen LogP contribution in [0.15, 0.2) is 18.2 Å². The first-order chi connectivity index (χ1) is 5.77. The molecule has 1 nitrogen and oxygen atoms in total. The molecule has 1 atom stereocenters. The number of rotatable bonds is 0. The molecule has 0 fully saturated rings. The highest BCUT2D eigenvalue weighted by Gasteiger charge is 2.19. The fourth-order valence-corrected chi connectivity index (χ4v) is 1.46. The van der Waals surface area contributed by atoms with Gasteiger partial charge in [0.25, 0.3) is 0 Å². The molecule has 1 unspecified atom stereocenters. The maximum absolute atomic E-state index is 13.0. The van der Waals surface area contributed by atoms with Crippen LogP contribution in [-0.4, -0.2) is 12.7 Å². The average molecular weight is 169 g/mol. The van der Waals surface area contributed by atoms with E-state index in [1.54, 1.807) is 12.1 Å². The minimum absolute atomic E-state index is 0.216. The molecule has 0 saturated heterocycles. The zero-order valence-electron chi connectivity index (χ0n) is 6.48. The van der Waals surface area contributed by atoms with Gasteiger partial charge in [0.05, 0.1) is 5.69 Å². The number of hydrogen-bond acceptors (Lipinski definition) is 1. The summed E-state index contributed by atoms with van der Waals surface area (Å²) in [5.74, 6) is -0.292. The number of hydrogen-bond donors (Lipinski definition) is 1. The number of alkyl halides is 1. The molecule has 0 bridgehead atoms. The fraction of sp³-hybridized carbons (Fsp3) is 0.333. The topological polar surface area (TPSA) is 12.0 Å². The molecule has 0 radical (unpaired) electrons. The van der Waals surface area contributed by atoms with Crippen molar-refractivity contribution in [2.24, 2.45) is 0 Å². The van der Waals surface area contributed by atoms with E-state index in [-0.39, 0.29) is 12.4 Å². The third kappa shape index (κ3) is 1.15. The molecule has 1 heterocycles. The molecule has 0 saturated carbocycles. The summed E-state index contributed by atoms with van der Waals surface area (Å²) in [6.45, 7) is 0.216. The van der Waals surface area contributed by atoms with Crippen molar-refractivity contribution >= 4 is 5.69 Å². The largest absolute Gasteiger partial charge is 0.380 e. The van der Waals surface area contributed by atoms with Crippen molar-refractivity contribution in [2.45, 2.75) is 12.6 Å². The lowest BCUT2D eigenvalue weighted by Gasteiger charge is -2.21. The molecule has 1 N–H and O–H groups in total. The van der Waals surface area contributed by atoms with Gasteiger partial charge in [-0.2, -0.15) is 0 Å². The summed E-state index contributed by atoms with van der Waals surface area (Å²) < 4.78 is 25.8. The Labute approximate surface area is 69.4 Å². The van der Waals surface area contributed by atoms with E-state index < -0.39 is 6.17 Å². The Morgan fingerprint density at radius 1 is 1.42 bits per heavy atom. The molecule has 0 aliphatic carbocycles. The molecule has 12 heavy (non-hydrogen) atoms. The van der Waals surface area contributed by atoms with Crippen molar-refractivity contribution < 1.29 is 8.78 Å². The van der Waals surface area contributed by atoms with Crippen LogP contribution in [0.5, 0.6) is 0 Å². The van der Waals surface area contributed by atoms with Gasteiger partial charge >= 0.3 is 0 Å². The lowest BCUT2D eigenvalue weighted by molar-refractivity contribution is 0.340. The molecule has 0 spiro atoms. The summed E-state index contributed by atoms with van der Waals surface area (Å²) in [6.07, 6.45) is -0.570. The third-order valence-electron chi connectivity index (χ3n) is 2.04. The van der Waals surface area contributed by atoms with Crippen LogP contribution in [0.4, 0.5) is 14.5 Å². The summed E-state index contributed by atoms with van der Waals surface area (Å²) in [5, 5.41) is 2.73. The number of anilines is 1. The van der Waals surface area contributed by atoms with E-state index in [0.29, 0.717) is 12.1 Å². The maximum atomic E-state index is 13.0. The van der Waals surface area contributed by atoms with Crippen LogP contribution in [-0.2, 0) is 6.42 Å². The predicted molar refractivity (Wildman–Crippen MR) is 43.5 cm³/mol. The Bertz CT molecular complexity index is 299. The summed E-state index contributed by atoms with van der Waals surface area (Å²) in [6, 6.07) is 4.73. The molecule has 2 rings (SSSR count). The number of para-hydroxylation sites is 1. The van der Waals surface area contributed by atoms with Gasteiger partial charge in [-0.25, -0.2) is 8.78 Å². The lowest BCUT2D eigenvalue weighted by Crippen LogP contribution is -2.24. The minimum Gasteiger partial charge on any atom is -0.380 e. The fourth-order valence-electron chi connectivity index (χ4n) is 1.46. The van der Waals surface area contributed by atoms with E-state index in [2.05, 4.69) is 5.32 Å². The van der Waals surface area contributed by atoms with Crippen LogP contribution in [0.25, 0.3) is 0 Å². The second kappa shape index (κ2) is 2.73. The first-order valence-electron chi connectivity index (χ1n) is 3.92. The summed E-state index contributed by atoms with van der Waals surface area (Å²) in [5.41, 5.74) is 1.19.